The number of hydrogen-bond acceptors (Lipinski definition) is 5. The lowest BCUT2D eigenvalue weighted by Gasteiger charge is -2.11. The van der Waals surface area contributed by atoms with Gasteiger partial charge in [0.2, 0.25) is 5.91 Å². The molecule has 20 heavy (non-hydrogen) atoms. The van der Waals surface area contributed by atoms with Gasteiger partial charge < -0.3 is 19.5 Å². The largest absolute Gasteiger partial charge is 0.497 e. The van der Waals surface area contributed by atoms with Crippen LogP contribution in [0.2, 0.25) is 0 Å². The van der Waals surface area contributed by atoms with Gasteiger partial charge in [-0.3, -0.25) is 9.59 Å². The van der Waals surface area contributed by atoms with Crippen LogP contribution >= 0.6 is 0 Å². The molecule has 0 spiro atoms. The van der Waals surface area contributed by atoms with Crippen LogP contribution < -0.4 is 14.8 Å². The summed E-state index contributed by atoms with van der Waals surface area (Å²) in [4.78, 5) is 22.9. The molecule has 1 amide bonds. The van der Waals surface area contributed by atoms with E-state index in [1.807, 2.05) is 0 Å². The van der Waals surface area contributed by atoms with Gasteiger partial charge in [0, 0.05) is 12.5 Å². The van der Waals surface area contributed by atoms with Crippen molar-refractivity contribution in [3.63, 3.8) is 0 Å². The molecular weight excluding hydrogens is 262 g/mol. The van der Waals surface area contributed by atoms with E-state index in [0.717, 1.165) is 0 Å². The lowest BCUT2D eigenvalue weighted by Crippen LogP contribution is -2.15. The van der Waals surface area contributed by atoms with Gasteiger partial charge in [0.25, 0.3) is 0 Å². The first-order chi connectivity index (χ1) is 9.60. The highest BCUT2D eigenvalue weighted by atomic mass is 16.5. The highest BCUT2D eigenvalue weighted by Gasteiger charge is 2.11. The maximum absolute atomic E-state index is 11.7. The molecule has 1 aromatic rings. The summed E-state index contributed by atoms with van der Waals surface area (Å²) in [5, 5.41) is 2.68. The Hall–Kier alpha value is -2.24. The fraction of sp³-hybridized carbons (Fsp3) is 0.429. The van der Waals surface area contributed by atoms with Gasteiger partial charge in [-0.25, -0.2) is 0 Å². The number of benzene rings is 1. The van der Waals surface area contributed by atoms with Gasteiger partial charge in [-0.2, -0.15) is 0 Å². The highest BCUT2D eigenvalue weighted by molar-refractivity contribution is 5.94. The Balaban J connectivity index is 2.59. The third-order valence-electron chi connectivity index (χ3n) is 2.54. The lowest BCUT2D eigenvalue weighted by atomic mass is 10.2. The second-order valence-electron chi connectivity index (χ2n) is 3.92. The third-order valence-corrected chi connectivity index (χ3v) is 2.54. The maximum atomic E-state index is 11.7. The van der Waals surface area contributed by atoms with Crippen LogP contribution in [0, 0.1) is 0 Å². The fourth-order valence-corrected chi connectivity index (χ4v) is 1.56. The van der Waals surface area contributed by atoms with Gasteiger partial charge in [-0.15, -0.1) is 0 Å². The molecule has 1 aromatic carbocycles. The van der Waals surface area contributed by atoms with E-state index in [4.69, 9.17) is 14.2 Å². The summed E-state index contributed by atoms with van der Waals surface area (Å²) in [6, 6.07) is 5.06. The summed E-state index contributed by atoms with van der Waals surface area (Å²) in [5.74, 6) is 0.464. The van der Waals surface area contributed by atoms with Gasteiger partial charge in [0.1, 0.15) is 11.5 Å². The molecule has 0 saturated heterocycles. The first-order valence-corrected chi connectivity index (χ1v) is 6.28. The van der Waals surface area contributed by atoms with Crippen LogP contribution in [0.1, 0.15) is 19.8 Å². The zero-order valence-electron chi connectivity index (χ0n) is 11.9. The van der Waals surface area contributed by atoms with E-state index in [0.29, 0.717) is 23.8 Å². The van der Waals surface area contributed by atoms with E-state index in [1.54, 1.807) is 32.2 Å². The molecule has 0 bridgehead atoms. The van der Waals surface area contributed by atoms with E-state index in [9.17, 15) is 9.59 Å². The topological polar surface area (TPSA) is 73.9 Å². The summed E-state index contributed by atoms with van der Waals surface area (Å²) in [7, 11) is 3.05. The standard InChI is InChI=1S/C14H19NO5/c1-4-20-14(17)8-7-13(16)15-11-6-5-10(18-2)9-12(11)19-3/h5-6,9H,4,7-8H2,1-3H3,(H,15,16). The number of methoxy groups -OCH3 is 2. The van der Waals surface area contributed by atoms with Crippen molar-refractivity contribution in [3.8, 4) is 11.5 Å². The Morgan fingerprint density at radius 2 is 1.90 bits per heavy atom. The van der Waals surface area contributed by atoms with Crippen molar-refractivity contribution in [1.82, 2.24) is 0 Å². The summed E-state index contributed by atoms with van der Waals surface area (Å²) in [5.41, 5.74) is 0.530. The summed E-state index contributed by atoms with van der Waals surface area (Å²) in [6.07, 6.45) is 0.117. The molecule has 0 atom stereocenters. The van der Waals surface area contributed by atoms with Crippen molar-refractivity contribution in [1.29, 1.82) is 0 Å². The number of amides is 1. The van der Waals surface area contributed by atoms with Gasteiger partial charge >= 0.3 is 5.97 Å². The van der Waals surface area contributed by atoms with Crippen LogP contribution in [0.15, 0.2) is 18.2 Å². The van der Waals surface area contributed by atoms with Crippen LogP contribution in [0.4, 0.5) is 5.69 Å². The molecule has 6 nitrogen and oxygen atoms in total. The minimum atomic E-state index is -0.385. The molecule has 0 aromatic heterocycles. The molecule has 1 N–H and O–H groups in total. The Bertz CT molecular complexity index is 473. The van der Waals surface area contributed by atoms with E-state index >= 15 is 0 Å². The SMILES string of the molecule is CCOC(=O)CCC(=O)Nc1ccc(OC)cc1OC. The van der Waals surface area contributed by atoms with Crippen molar-refractivity contribution in [2.45, 2.75) is 19.8 Å². The highest BCUT2D eigenvalue weighted by Crippen LogP contribution is 2.29. The van der Waals surface area contributed by atoms with E-state index in [2.05, 4.69) is 5.32 Å². The van der Waals surface area contributed by atoms with Crippen molar-refractivity contribution in [2.24, 2.45) is 0 Å². The smallest absolute Gasteiger partial charge is 0.306 e. The average Bonchev–Trinajstić information content (AvgIpc) is 2.46. The molecule has 0 saturated carbocycles. The number of rotatable bonds is 7. The zero-order chi connectivity index (χ0) is 15.0. The minimum Gasteiger partial charge on any atom is -0.497 e. The van der Waals surface area contributed by atoms with E-state index < -0.39 is 0 Å². The Kier molecular flexibility index (Phi) is 6.36. The molecule has 0 heterocycles. The summed E-state index contributed by atoms with van der Waals surface area (Å²) >= 11 is 0. The second kappa shape index (κ2) is 8.04. The van der Waals surface area contributed by atoms with Crippen LogP contribution in [0.5, 0.6) is 11.5 Å². The van der Waals surface area contributed by atoms with Gasteiger partial charge in [0.05, 0.1) is 32.9 Å². The predicted molar refractivity (Wildman–Crippen MR) is 74.0 cm³/mol. The summed E-state index contributed by atoms with van der Waals surface area (Å²) < 4.78 is 15.0. The van der Waals surface area contributed by atoms with Crippen molar-refractivity contribution in [2.75, 3.05) is 26.1 Å². The number of carbonyl (C=O) groups excluding carboxylic acids is 2. The molecule has 1 rings (SSSR count). The van der Waals surface area contributed by atoms with Gasteiger partial charge in [0.15, 0.2) is 0 Å². The fourth-order valence-electron chi connectivity index (χ4n) is 1.56. The van der Waals surface area contributed by atoms with Crippen molar-refractivity contribution < 1.29 is 23.8 Å². The third kappa shape index (κ3) is 4.79. The Morgan fingerprint density at radius 3 is 2.50 bits per heavy atom. The molecule has 0 fully saturated rings. The molecule has 110 valence electrons. The molecule has 0 aliphatic heterocycles. The Morgan fingerprint density at radius 1 is 1.15 bits per heavy atom. The first kappa shape index (κ1) is 15.8. The maximum Gasteiger partial charge on any atom is 0.306 e. The molecule has 0 aliphatic carbocycles. The van der Waals surface area contributed by atoms with E-state index in [-0.39, 0.29) is 24.7 Å². The number of ether oxygens (including phenoxy) is 3. The van der Waals surface area contributed by atoms with Crippen LogP contribution in [0.25, 0.3) is 0 Å². The molecule has 0 aliphatic rings. The molecule has 0 unspecified atom stereocenters. The zero-order valence-corrected chi connectivity index (χ0v) is 11.9. The minimum absolute atomic E-state index is 0.0537. The normalized spacial score (nSPS) is 9.75. The monoisotopic (exact) mass is 281 g/mol. The lowest BCUT2D eigenvalue weighted by molar-refractivity contribution is -0.144. The molecular formula is C14H19NO5. The van der Waals surface area contributed by atoms with E-state index in [1.165, 1.54) is 7.11 Å². The quantitative estimate of drug-likeness (QED) is 0.774. The van der Waals surface area contributed by atoms with Crippen LogP contribution in [0.3, 0.4) is 0 Å². The molecule has 6 heteroatoms. The van der Waals surface area contributed by atoms with Crippen LogP contribution in [-0.2, 0) is 14.3 Å². The number of nitrogens with one attached hydrogen (secondary N) is 1. The number of carbonyl (C=O) groups is 2. The first-order valence-electron chi connectivity index (χ1n) is 6.28. The Labute approximate surface area is 118 Å². The van der Waals surface area contributed by atoms with Crippen molar-refractivity contribution >= 4 is 17.6 Å². The second-order valence-corrected chi connectivity index (χ2v) is 3.92. The molecule has 0 radical (unpaired) electrons. The number of hydrogen-bond donors (Lipinski definition) is 1. The van der Waals surface area contributed by atoms with Gasteiger partial charge in [-0.1, -0.05) is 0 Å². The number of esters is 1. The van der Waals surface area contributed by atoms with Gasteiger partial charge in [-0.05, 0) is 19.1 Å². The summed E-state index contributed by atoms with van der Waals surface area (Å²) in [6.45, 7) is 2.03. The van der Waals surface area contributed by atoms with Crippen molar-refractivity contribution in [3.05, 3.63) is 18.2 Å². The average molecular weight is 281 g/mol. The predicted octanol–water partition coefficient (Wildman–Crippen LogP) is 1.99. The van der Waals surface area contributed by atoms with Crippen LogP contribution in [-0.4, -0.2) is 32.7 Å². The number of anilines is 1.